The second-order valence-corrected chi connectivity index (χ2v) is 6.48. The molecule has 160 valence electrons. The summed E-state index contributed by atoms with van der Waals surface area (Å²) in [6, 6.07) is 13.1. The van der Waals surface area contributed by atoms with E-state index in [0.717, 1.165) is 5.56 Å². The summed E-state index contributed by atoms with van der Waals surface area (Å²) in [5.74, 6) is -0.0107. The maximum Gasteiger partial charge on any atom is 0.315 e. The van der Waals surface area contributed by atoms with Gasteiger partial charge in [0.25, 0.3) is 11.6 Å². The number of nitro benzene ring substituents is 1. The number of benzene rings is 2. The summed E-state index contributed by atoms with van der Waals surface area (Å²) in [4.78, 5) is 36.5. The molecule has 0 unspecified atom stereocenters. The van der Waals surface area contributed by atoms with Gasteiger partial charge in [0.05, 0.1) is 4.92 Å². The van der Waals surface area contributed by atoms with Crippen LogP contribution in [0.4, 0.5) is 16.2 Å². The molecule has 0 bridgehead atoms. The fraction of sp³-hybridized carbons (Fsp3) is 0.333. The summed E-state index contributed by atoms with van der Waals surface area (Å²) in [5, 5.41) is 19.3. The Hall–Kier alpha value is -3.62. The number of urea groups is 1. The molecule has 0 aliphatic rings. The van der Waals surface area contributed by atoms with E-state index in [9.17, 15) is 19.7 Å². The van der Waals surface area contributed by atoms with Gasteiger partial charge in [0.15, 0.2) is 0 Å². The Morgan fingerprint density at radius 3 is 2.27 bits per heavy atom. The van der Waals surface area contributed by atoms with Crippen molar-refractivity contribution in [2.45, 2.75) is 20.4 Å². The first-order valence-corrected chi connectivity index (χ1v) is 9.83. The molecule has 3 amide bonds. The molecule has 2 aromatic carbocycles. The first kappa shape index (κ1) is 22.7. The summed E-state index contributed by atoms with van der Waals surface area (Å²) in [6.45, 7) is 6.17. The number of hydrogen-bond acceptors (Lipinski definition) is 5. The summed E-state index contributed by atoms with van der Waals surface area (Å²) in [6.07, 6.45) is 0. The van der Waals surface area contributed by atoms with Crippen LogP contribution >= 0.6 is 0 Å². The van der Waals surface area contributed by atoms with E-state index in [2.05, 4.69) is 16.0 Å². The average molecular weight is 413 g/mol. The van der Waals surface area contributed by atoms with Gasteiger partial charge in [-0.05, 0) is 37.6 Å². The summed E-state index contributed by atoms with van der Waals surface area (Å²) < 4.78 is 0. The third-order valence-electron chi connectivity index (χ3n) is 4.53. The van der Waals surface area contributed by atoms with Crippen LogP contribution in [0.15, 0.2) is 48.5 Å². The largest absolute Gasteiger partial charge is 0.378 e. The fourth-order valence-corrected chi connectivity index (χ4v) is 2.86. The first-order valence-electron chi connectivity index (χ1n) is 9.83. The third kappa shape index (κ3) is 6.47. The van der Waals surface area contributed by atoms with Crippen LogP contribution in [0.25, 0.3) is 0 Å². The lowest BCUT2D eigenvalue weighted by Gasteiger charge is -2.18. The maximum absolute atomic E-state index is 12.3. The number of anilines is 1. The van der Waals surface area contributed by atoms with Crippen molar-refractivity contribution in [1.29, 1.82) is 0 Å². The van der Waals surface area contributed by atoms with E-state index in [1.54, 1.807) is 35.2 Å². The summed E-state index contributed by atoms with van der Waals surface area (Å²) >= 11 is 0. The molecule has 0 saturated carbocycles. The molecule has 0 atom stereocenters. The number of hydrogen-bond donors (Lipinski definition) is 3. The van der Waals surface area contributed by atoms with Crippen molar-refractivity contribution in [3.05, 3.63) is 69.8 Å². The molecule has 0 aliphatic heterocycles. The molecular formula is C21H27N5O4. The van der Waals surface area contributed by atoms with Gasteiger partial charge in [0, 0.05) is 44.4 Å². The van der Waals surface area contributed by atoms with Crippen molar-refractivity contribution in [3.8, 4) is 0 Å². The van der Waals surface area contributed by atoms with Crippen LogP contribution in [0.5, 0.6) is 0 Å². The number of nitro groups is 1. The number of para-hydroxylation sites is 2. The quantitative estimate of drug-likeness (QED) is 0.314. The van der Waals surface area contributed by atoms with Gasteiger partial charge in [-0.1, -0.05) is 24.3 Å². The van der Waals surface area contributed by atoms with Crippen LogP contribution in [0.3, 0.4) is 0 Å². The number of nitrogens with zero attached hydrogens (tertiary/aromatic N) is 2. The summed E-state index contributed by atoms with van der Waals surface area (Å²) in [7, 11) is 0. The molecule has 0 fully saturated rings. The molecule has 2 rings (SSSR count). The zero-order valence-corrected chi connectivity index (χ0v) is 17.2. The van der Waals surface area contributed by atoms with Crippen LogP contribution in [0.2, 0.25) is 0 Å². The lowest BCUT2D eigenvalue weighted by Crippen LogP contribution is -2.37. The molecule has 0 heterocycles. The van der Waals surface area contributed by atoms with E-state index >= 15 is 0 Å². The third-order valence-corrected chi connectivity index (χ3v) is 4.53. The van der Waals surface area contributed by atoms with E-state index in [4.69, 9.17) is 0 Å². The van der Waals surface area contributed by atoms with E-state index in [-0.39, 0.29) is 17.6 Å². The Morgan fingerprint density at radius 2 is 1.63 bits per heavy atom. The van der Waals surface area contributed by atoms with Crippen LogP contribution in [-0.4, -0.2) is 47.9 Å². The highest BCUT2D eigenvalue weighted by molar-refractivity contribution is 5.94. The SMILES string of the molecule is CCN(CC)C(=O)c1ccc(CNC(=O)NCCNc2ccccc2[N+](=O)[O-])cc1. The van der Waals surface area contributed by atoms with E-state index < -0.39 is 4.92 Å². The average Bonchev–Trinajstić information content (AvgIpc) is 2.76. The van der Waals surface area contributed by atoms with Gasteiger partial charge in [0.1, 0.15) is 5.69 Å². The smallest absolute Gasteiger partial charge is 0.315 e. The second kappa shape index (κ2) is 11.4. The molecular weight excluding hydrogens is 386 g/mol. The fourth-order valence-electron chi connectivity index (χ4n) is 2.86. The molecule has 0 aromatic heterocycles. The Labute approximate surface area is 175 Å². The highest BCUT2D eigenvalue weighted by Gasteiger charge is 2.13. The molecule has 30 heavy (non-hydrogen) atoms. The Bertz CT molecular complexity index is 866. The molecule has 9 heteroatoms. The lowest BCUT2D eigenvalue weighted by molar-refractivity contribution is -0.384. The monoisotopic (exact) mass is 413 g/mol. The van der Waals surface area contributed by atoms with Gasteiger partial charge >= 0.3 is 6.03 Å². The van der Waals surface area contributed by atoms with Crippen molar-refractivity contribution in [1.82, 2.24) is 15.5 Å². The molecule has 0 aliphatic carbocycles. The molecule has 3 N–H and O–H groups in total. The minimum Gasteiger partial charge on any atom is -0.378 e. The number of carbonyl (C=O) groups excluding carboxylic acids is 2. The Balaban J connectivity index is 1.73. The number of amides is 3. The minimum absolute atomic E-state index is 0.00938. The van der Waals surface area contributed by atoms with Gasteiger partial charge in [-0.2, -0.15) is 0 Å². The predicted octanol–water partition coefficient (Wildman–Crippen LogP) is 2.99. The van der Waals surface area contributed by atoms with Crippen LogP contribution in [0, 0.1) is 10.1 Å². The lowest BCUT2D eigenvalue weighted by atomic mass is 10.1. The van der Waals surface area contributed by atoms with Crippen LogP contribution < -0.4 is 16.0 Å². The normalized spacial score (nSPS) is 10.2. The molecule has 0 radical (unpaired) electrons. The van der Waals surface area contributed by atoms with Gasteiger partial charge < -0.3 is 20.9 Å². The van der Waals surface area contributed by atoms with Crippen molar-refractivity contribution in [2.75, 3.05) is 31.5 Å². The predicted molar refractivity (Wildman–Crippen MR) is 116 cm³/mol. The van der Waals surface area contributed by atoms with Crippen LogP contribution in [-0.2, 0) is 6.54 Å². The summed E-state index contributed by atoms with van der Waals surface area (Å²) in [5.41, 5.74) is 1.89. The minimum atomic E-state index is -0.455. The number of nitrogens with one attached hydrogen (secondary N) is 3. The topological polar surface area (TPSA) is 117 Å². The zero-order chi connectivity index (χ0) is 21.9. The van der Waals surface area contributed by atoms with Crippen molar-refractivity contribution in [3.63, 3.8) is 0 Å². The van der Waals surface area contributed by atoms with Crippen molar-refractivity contribution < 1.29 is 14.5 Å². The van der Waals surface area contributed by atoms with Gasteiger partial charge in [0.2, 0.25) is 0 Å². The van der Waals surface area contributed by atoms with Crippen molar-refractivity contribution >= 4 is 23.3 Å². The standard InChI is InChI=1S/C21H27N5O4/c1-3-25(4-2)20(27)17-11-9-16(10-12-17)15-24-21(28)23-14-13-22-18-7-5-6-8-19(18)26(29)30/h5-12,22H,3-4,13-15H2,1-2H3,(H2,23,24,28). The van der Waals surface area contributed by atoms with Crippen LogP contribution in [0.1, 0.15) is 29.8 Å². The van der Waals surface area contributed by atoms with E-state index in [0.29, 0.717) is 44.0 Å². The van der Waals surface area contributed by atoms with Gasteiger partial charge in [-0.15, -0.1) is 0 Å². The number of rotatable bonds is 10. The molecule has 9 nitrogen and oxygen atoms in total. The maximum atomic E-state index is 12.3. The highest BCUT2D eigenvalue weighted by Crippen LogP contribution is 2.22. The van der Waals surface area contributed by atoms with Crippen molar-refractivity contribution in [2.24, 2.45) is 0 Å². The molecule has 2 aromatic rings. The Morgan fingerprint density at radius 1 is 0.967 bits per heavy atom. The Kier molecular flexibility index (Phi) is 8.61. The van der Waals surface area contributed by atoms with Gasteiger partial charge in [-0.3, -0.25) is 14.9 Å². The first-order chi connectivity index (χ1) is 14.5. The zero-order valence-electron chi connectivity index (χ0n) is 17.2. The van der Waals surface area contributed by atoms with E-state index in [1.807, 2.05) is 26.0 Å². The molecule has 0 spiro atoms. The highest BCUT2D eigenvalue weighted by atomic mass is 16.6. The van der Waals surface area contributed by atoms with E-state index in [1.165, 1.54) is 6.07 Å². The number of carbonyl (C=O) groups is 2. The molecule has 0 saturated heterocycles. The van der Waals surface area contributed by atoms with Gasteiger partial charge in [-0.25, -0.2) is 4.79 Å². The second-order valence-electron chi connectivity index (χ2n) is 6.48.